The zero-order chi connectivity index (χ0) is 12.8. The third-order valence-electron chi connectivity index (χ3n) is 3.30. The molecular weight excluding hydrogens is 228 g/mol. The average molecular weight is 252 g/mol. The predicted octanol–water partition coefficient (Wildman–Crippen LogP) is 0.713. The Morgan fingerprint density at radius 2 is 2.22 bits per heavy atom. The Hall–Kier alpha value is -0.910. The summed E-state index contributed by atoms with van der Waals surface area (Å²) in [5, 5.41) is 7.83. The van der Waals surface area contributed by atoms with Crippen LogP contribution in [-0.2, 0) is 17.8 Å². The van der Waals surface area contributed by atoms with Crippen molar-refractivity contribution < 1.29 is 4.74 Å². The first-order valence-corrected chi connectivity index (χ1v) is 6.82. The van der Waals surface area contributed by atoms with Gasteiger partial charge in [-0.1, -0.05) is 0 Å². The van der Waals surface area contributed by atoms with Crippen LogP contribution < -0.4 is 5.32 Å². The van der Waals surface area contributed by atoms with Gasteiger partial charge >= 0.3 is 0 Å². The van der Waals surface area contributed by atoms with E-state index < -0.39 is 0 Å². The molecule has 102 valence electrons. The van der Waals surface area contributed by atoms with Crippen LogP contribution in [0.15, 0.2) is 12.4 Å². The Kier molecular flexibility index (Phi) is 5.16. The van der Waals surface area contributed by atoms with Gasteiger partial charge in [0.1, 0.15) is 0 Å². The number of aryl methyl sites for hydroxylation is 1. The van der Waals surface area contributed by atoms with Crippen LogP contribution in [0.3, 0.4) is 0 Å². The van der Waals surface area contributed by atoms with Crippen molar-refractivity contribution in [3.63, 3.8) is 0 Å². The van der Waals surface area contributed by atoms with Gasteiger partial charge in [0.2, 0.25) is 0 Å². The smallest absolute Gasteiger partial charge is 0.0594 e. The maximum atomic E-state index is 5.35. The fraction of sp³-hybridized carbons (Fsp3) is 0.769. The molecule has 0 aliphatic carbocycles. The van der Waals surface area contributed by atoms with E-state index in [0.29, 0.717) is 6.04 Å². The van der Waals surface area contributed by atoms with Crippen LogP contribution in [0.2, 0.25) is 0 Å². The van der Waals surface area contributed by atoms with Crippen LogP contribution in [0.4, 0.5) is 0 Å². The van der Waals surface area contributed by atoms with Crippen LogP contribution in [0.1, 0.15) is 19.4 Å². The lowest BCUT2D eigenvalue weighted by Gasteiger charge is -2.29. The first-order valence-electron chi connectivity index (χ1n) is 6.82. The maximum Gasteiger partial charge on any atom is 0.0594 e. The molecule has 5 heteroatoms. The minimum absolute atomic E-state index is 0.494. The SMILES string of the molecule is CCn1cc(CNC(C)CN2CCOCC2)cn1. The van der Waals surface area contributed by atoms with E-state index in [2.05, 4.69) is 35.4 Å². The Morgan fingerprint density at radius 3 is 2.89 bits per heavy atom. The largest absolute Gasteiger partial charge is 0.379 e. The standard InChI is InChI=1S/C13H24N4O/c1-3-17-11-13(9-15-17)8-14-12(2)10-16-4-6-18-7-5-16/h9,11-12,14H,3-8,10H2,1-2H3. The molecule has 1 atom stereocenters. The predicted molar refractivity (Wildman–Crippen MR) is 71.5 cm³/mol. The molecular formula is C13H24N4O. The molecule has 0 bridgehead atoms. The third-order valence-corrected chi connectivity index (χ3v) is 3.30. The van der Waals surface area contributed by atoms with Crippen LogP contribution in [0.25, 0.3) is 0 Å². The van der Waals surface area contributed by atoms with Gasteiger partial charge < -0.3 is 10.1 Å². The molecule has 1 saturated heterocycles. The lowest BCUT2D eigenvalue weighted by molar-refractivity contribution is 0.0343. The van der Waals surface area contributed by atoms with Gasteiger partial charge in [0, 0.05) is 50.5 Å². The summed E-state index contributed by atoms with van der Waals surface area (Å²) in [6.07, 6.45) is 4.05. The Bertz CT molecular complexity index is 347. The molecule has 1 aliphatic rings. The first kappa shape index (κ1) is 13.5. The van der Waals surface area contributed by atoms with Gasteiger partial charge in [0.25, 0.3) is 0 Å². The molecule has 1 N–H and O–H groups in total. The molecule has 1 fully saturated rings. The maximum absolute atomic E-state index is 5.35. The molecule has 1 unspecified atom stereocenters. The Balaban J connectivity index is 1.68. The van der Waals surface area contributed by atoms with Gasteiger partial charge in [-0.25, -0.2) is 0 Å². The highest BCUT2D eigenvalue weighted by Gasteiger charge is 2.13. The van der Waals surface area contributed by atoms with E-state index in [1.165, 1.54) is 5.56 Å². The van der Waals surface area contributed by atoms with Gasteiger partial charge in [-0.2, -0.15) is 5.10 Å². The minimum atomic E-state index is 0.494. The van der Waals surface area contributed by atoms with Gasteiger partial charge in [-0.15, -0.1) is 0 Å². The zero-order valence-electron chi connectivity index (χ0n) is 11.4. The summed E-state index contributed by atoms with van der Waals surface area (Å²) in [5.74, 6) is 0. The number of morpholine rings is 1. The summed E-state index contributed by atoms with van der Waals surface area (Å²) in [6, 6.07) is 0.494. The van der Waals surface area contributed by atoms with Crippen molar-refractivity contribution in [1.29, 1.82) is 0 Å². The monoisotopic (exact) mass is 252 g/mol. The highest BCUT2D eigenvalue weighted by Crippen LogP contribution is 2.01. The van der Waals surface area contributed by atoms with Crippen LogP contribution in [-0.4, -0.2) is 53.6 Å². The van der Waals surface area contributed by atoms with E-state index in [9.17, 15) is 0 Å². The van der Waals surface area contributed by atoms with Crippen molar-refractivity contribution in [3.05, 3.63) is 18.0 Å². The van der Waals surface area contributed by atoms with Crippen molar-refractivity contribution in [2.75, 3.05) is 32.8 Å². The Morgan fingerprint density at radius 1 is 1.44 bits per heavy atom. The molecule has 5 nitrogen and oxygen atoms in total. The van der Waals surface area contributed by atoms with Gasteiger partial charge in [0.15, 0.2) is 0 Å². The van der Waals surface area contributed by atoms with E-state index in [1.807, 2.05) is 10.9 Å². The van der Waals surface area contributed by atoms with E-state index in [-0.39, 0.29) is 0 Å². The quantitative estimate of drug-likeness (QED) is 0.810. The molecule has 1 aliphatic heterocycles. The number of nitrogens with one attached hydrogen (secondary N) is 1. The van der Waals surface area contributed by atoms with Crippen molar-refractivity contribution in [2.45, 2.75) is 33.0 Å². The summed E-state index contributed by atoms with van der Waals surface area (Å²) >= 11 is 0. The van der Waals surface area contributed by atoms with Crippen molar-refractivity contribution in [1.82, 2.24) is 20.0 Å². The van der Waals surface area contributed by atoms with Crippen molar-refractivity contribution in [3.8, 4) is 0 Å². The molecule has 1 aromatic rings. The molecule has 0 radical (unpaired) electrons. The summed E-state index contributed by atoms with van der Waals surface area (Å²) in [5.41, 5.74) is 1.26. The second-order valence-corrected chi connectivity index (χ2v) is 4.90. The third kappa shape index (κ3) is 4.08. The van der Waals surface area contributed by atoms with Crippen LogP contribution in [0, 0.1) is 0 Å². The second kappa shape index (κ2) is 6.87. The lowest BCUT2D eigenvalue weighted by Crippen LogP contribution is -2.44. The molecule has 2 heterocycles. The van der Waals surface area contributed by atoms with Gasteiger partial charge in [-0.3, -0.25) is 9.58 Å². The Labute approximate surface area is 109 Å². The number of hydrogen-bond acceptors (Lipinski definition) is 4. The number of ether oxygens (including phenoxy) is 1. The molecule has 1 aromatic heterocycles. The summed E-state index contributed by atoms with van der Waals surface area (Å²) in [4.78, 5) is 2.45. The second-order valence-electron chi connectivity index (χ2n) is 4.90. The molecule has 18 heavy (non-hydrogen) atoms. The van der Waals surface area contributed by atoms with E-state index >= 15 is 0 Å². The topological polar surface area (TPSA) is 42.3 Å². The normalized spacial score (nSPS) is 19.0. The number of aromatic nitrogens is 2. The van der Waals surface area contributed by atoms with E-state index in [1.54, 1.807) is 0 Å². The van der Waals surface area contributed by atoms with Crippen LogP contribution >= 0.6 is 0 Å². The molecule has 0 amide bonds. The summed E-state index contributed by atoms with van der Waals surface area (Å²) in [7, 11) is 0. The summed E-state index contributed by atoms with van der Waals surface area (Å²) in [6.45, 7) is 11.1. The fourth-order valence-corrected chi connectivity index (χ4v) is 2.20. The van der Waals surface area contributed by atoms with Crippen molar-refractivity contribution in [2.24, 2.45) is 0 Å². The van der Waals surface area contributed by atoms with Gasteiger partial charge in [-0.05, 0) is 13.8 Å². The highest BCUT2D eigenvalue weighted by atomic mass is 16.5. The fourth-order valence-electron chi connectivity index (χ4n) is 2.20. The molecule has 0 spiro atoms. The minimum Gasteiger partial charge on any atom is -0.379 e. The highest BCUT2D eigenvalue weighted by molar-refractivity contribution is 5.03. The molecule has 0 saturated carbocycles. The molecule has 2 rings (SSSR count). The van der Waals surface area contributed by atoms with Crippen molar-refractivity contribution >= 4 is 0 Å². The van der Waals surface area contributed by atoms with Gasteiger partial charge in [0.05, 0.1) is 19.4 Å². The first-order chi connectivity index (χ1) is 8.78. The zero-order valence-corrected chi connectivity index (χ0v) is 11.4. The number of rotatable bonds is 6. The van der Waals surface area contributed by atoms with E-state index in [4.69, 9.17) is 4.74 Å². The summed E-state index contributed by atoms with van der Waals surface area (Å²) < 4.78 is 7.31. The van der Waals surface area contributed by atoms with E-state index in [0.717, 1.165) is 45.9 Å². The lowest BCUT2D eigenvalue weighted by atomic mass is 10.2. The average Bonchev–Trinajstić information content (AvgIpc) is 2.85. The number of nitrogens with zero attached hydrogens (tertiary/aromatic N) is 3. The molecule has 0 aromatic carbocycles. The van der Waals surface area contributed by atoms with Crippen LogP contribution in [0.5, 0.6) is 0 Å². The number of hydrogen-bond donors (Lipinski definition) is 1.